The number of hydrogen-bond acceptors (Lipinski definition) is 2. The fourth-order valence-electron chi connectivity index (χ4n) is 1.07. The number of nitrogens with zero attached hydrogens (tertiary/aromatic N) is 1. The minimum Gasteiger partial charge on any atom is -0.444 e. The lowest BCUT2D eigenvalue weighted by molar-refractivity contribution is 0.0636. The Kier molecular flexibility index (Phi) is 3.51. The molecule has 1 rings (SSSR count). The van der Waals surface area contributed by atoms with Crippen LogP contribution >= 0.6 is 0 Å². The molecule has 0 unspecified atom stereocenters. The Balaban J connectivity index is 2.67. The van der Waals surface area contributed by atoms with Gasteiger partial charge < -0.3 is 4.74 Å². The molecule has 16 heavy (non-hydrogen) atoms. The Morgan fingerprint density at radius 2 is 2.12 bits per heavy atom. The van der Waals surface area contributed by atoms with Crippen LogP contribution in [0.1, 0.15) is 20.8 Å². The fourth-order valence-corrected chi connectivity index (χ4v) is 1.07. The number of nitrogens with one attached hydrogen (secondary N) is 1. The zero-order valence-corrected chi connectivity index (χ0v) is 9.57. The summed E-state index contributed by atoms with van der Waals surface area (Å²) in [5.74, 6) is 0. The maximum atomic E-state index is 11.4. The molecular weight excluding hydrogens is 204 g/mol. The molecule has 1 aromatic rings. The van der Waals surface area contributed by atoms with E-state index in [2.05, 4.69) is 10.2 Å². The molecule has 1 N–H and O–H groups in total. The van der Waals surface area contributed by atoms with Gasteiger partial charge in [0.1, 0.15) is 5.60 Å². The summed E-state index contributed by atoms with van der Waals surface area (Å²) in [7, 11) is 0. The maximum Gasteiger partial charge on any atom is 0.412 e. The zero-order chi connectivity index (χ0) is 12.2. The predicted octanol–water partition coefficient (Wildman–Crippen LogP) is 3.58. The third-order valence-corrected chi connectivity index (χ3v) is 1.62. The average Bonchev–Trinajstić information content (AvgIpc) is 2.15. The first kappa shape index (κ1) is 12.1. The van der Waals surface area contributed by atoms with Crippen molar-refractivity contribution < 1.29 is 9.53 Å². The highest BCUT2D eigenvalue weighted by molar-refractivity contribution is 5.85. The van der Waals surface area contributed by atoms with Crippen LogP contribution in [-0.2, 0) is 4.74 Å². The van der Waals surface area contributed by atoms with Gasteiger partial charge in [0.05, 0.1) is 6.57 Å². The van der Waals surface area contributed by atoms with Crippen LogP contribution in [-0.4, -0.2) is 11.7 Å². The Labute approximate surface area is 95.0 Å². The molecule has 0 radical (unpaired) electrons. The number of anilines is 1. The average molecular weight is 218 g/mol. The van der Waals surface area contributed by atoms with E-state index < -0.39 is 11.7 Å². The first-order chi connectivity index (χ1) is 7.40. The molecule has 4 heteroatoms. The molecule has 0 saturated carbocycles. The van der Waals surface area contributed by atoms with E-state index in [1.807, 2.05) is 0 Å². The summed E-state index contributed by atoms with van der Waals surface area (Å²) in [5.41, 5.74) is 0.512. The molecule has 0 bridgehead atoms. The van der Waals surface area contributed by atoms with Gasteiger partial charge in [-0.3, -0.25) is 5.32 Å². The van der Waals surface area contributed by atoms with Gasteiger partial charge in [0.2, 0.25) is 0 Å². The summed E-state index contributed by atoms with van der Waals surface area (Å²) in [6.07, 6.45) is -0.519. The SMILES string of the molecule is [C-]#[N+]c1cccc(NC(=O)OC(C)(C)C)c1. The van der Waals surface area contributed by atoms with Crippen molar-refractivity contribution in [2.75, 3.05) is 5.32 Å². The van der Waals surface area contributed by atoms with E-state index in [0.717, 1.165) is 0 Å². The van der Waals surface area contributed by atoms with Gasteiger partial charge in [-0.2, -0.15) is 0 Å². The molecule has 0 atom stereocenters. The predicted molar refractivity (Wildman–Crippen MR) is 62.6 cm³/mol. The van der Waals surface area contributed by atoms with Crippen LogP contribution in [0.25, 0.3) is 4.85 Å². The quantitative estimate of drug-likeness (QED) is 0.732. The highest BCUT2D eigenvalue weighted by atomic mass is 16.6. The molecule has 0 heterocycles. The molecule has 1 aromatic carbocycles. The van der Waals surface area contributed by atoms with Gasteiger partial charge in [-0.25, -0.2) is 9.64 Å². The lowest BCUT2D eigenvalue weighted by Gasteiger charge is -2.19. The van der Waals surface area contributed by atoms with Gasteiger partial charge in [0, 0.05) is 5.69 Å². The van der Waals surface area contributed by atoms with E-state index in [4.69, 9.17) is 11.3 Å². The minimum absolute atomic E-state index is 0.480. The molecule has 0 spiro atoms. The van der Waals surface area contributed by atoms with E-state index >= 15 is 0 Å². The molecule has 84 valence electrons. The van der Waals surface area contributed by atoms with Gasteiger partial charge in [-0.15, -0.1) is 0 Å². The smallest absolute Gasteiger partial charge is 0.412 e. The highest BCUT2D eigenvalue weighted by Gasteiger charge is 2.15. The summed E-state index contributed by atoms with van der Waals surface area (Å²) >= 11 is 0. The van der Waals surface area contributed by atoms with Crippen molar-refractivity contribution in [3.8, 4) is 0 Å². The number of carbonyl (C=O) groups is 1. The molecule has 1 amide bonds. The first-order valence-electron chi connectivity index (χ1n) is 4.88. The third-order valence-electron chi connectivity index (χ3n) is 1.62. The summed E-state index contributed by atoms with van der Waals surface area (Å²) < 4.78 is 5.09. The molecule has 0 aliphatic heterocycles. The Morgan fingerprint density at radius 3 is 2.69 bits per heavy atom. The monoisotopic (exact) mass is 218 g/mol. The molecule has 0 saturated heterocycles. The van der Waals surface area contributed by atoms with Crippen LogP contribution in [0.15, 0.2) is 24.3 Å². The van der Waals surface area contributed by atoms with Crippen LogP contribution in [0.2, 0.25) is 0 Å². The van der Waals surface area contributed by atoms with E-state index in [1.54, 1.807) is 45.0 Å². The highest BCUT2D eigenvalue weighted by Crippen LogP contribution is 2.18. The van der Waals surface area contributed by atoms with E-state index in [1.165, 1.54) is 0 Å². The van der Waals surface area contributed by atoms with Gasteiger partial charge in [0.15, 0.2) is 5.69 Å². The largest absolute Gasteiger partial charge is 0.444 e. The van der Waals surface area contributed by atoms with Crippen molar-refractivity contribution in [1.29, 1.82) is 0 Å². The molecular formula is C12H14N2O2. The van der Waals surface area contributed by atoms with Crippen molar-refractivity contribution >= 4 is 17.5 Å². The van der Waals surface area contributed by atoms with Gasteiger partial charge in [-0.1, -0.05) is 12.1 Å². The van der Waals surface area contributed by atoms with Gasteiger partial charge in [-0.05, 0) is 32.9 Å². The summed E-state index contributed by atoms with van der Waals surface area (Å²) in [6.45, 7) is 12.2. The topological polar surface area (TPSA) is 42.7 Å². The van der Waals surface area contributed by atoms with Crippen molar-refractivity contribution in [3.63, 3.8) is 0 Å². The second-order valence-corrected chi connectivity index (χ2v) is 4.29. The van der Waals surface area contributed by atoms with Crippen molar-refractivity contribution in [2.45, 2.75) is 26.4 Å². The Hall–Kier alpha value is -2.02. The second-order valence-electron chi connectivity index (χ2n) is 4.29. The van der Waals surface area contributed by atoms with Crippen LogP contribution in [0.4, 0.5) is 16.2 Å². The molecule has 0 aromatic heterocycles. The molecule has 0 aliphatic carbocycles. The summed E-state index contributed by atoms with van der Waals surface area (Å²) in [6, 6.07) is 6.68. The van der Waals surface area contributed by atoms with Crippen molar-refractivity contribution in [1.82, 2.24) is 0 Å². The molecule has 0 aliphatic rings. The van der Waals surface area contributed by atoms with E-state index in [-0.39, 0.29) is 0 Å². The number of rotatable bonds is 1. The summed E-state index contributed by atoms with van der Waals surface area (Å²) in [4.78, 5) is 14.7. The van der Waals surface area contributed by atoms with Crippen molar-refractivity contribution in [3.05, 3.63) is 35.7 Å². The number of benzene rings is 1. The molecule has 0 fully saturated rings. The third kappa shape index (κ3) is 4.01. The van der Waals surface area contributed by atoms with Gasteiger partial charge >= 0.3 is 6.09 Å². The van der Waals surface area contributed by atoms with E-state index in [0.29, 0.717) is 11.4 Å². The van der Waals surface area contributed by atoms with E-state index in [9.17, 15) is 4.79 Å². The zero-order valence-electron chi connectivity index (χ0n) is 9.57. The lowest BCUT2D eigenvalue weighted by Crippen LogP contribution is -2.27. The normalized spacial score (nSPS) is 10.4. The van der Waals surface area contributed by atoms with Crippen LogP contribution in [0.3, 0.4) is 0 Å². The first-order valence-corrected chi connectivity index (χ1v) is 4.88. The standard InChI is InChI=1S/C12H14N2O2/c1-12(2,3)16-11(15)14-10-7-5-6-9(8-10)13-4/h5-8H,1-3H3,(H,14,15). The van der Waals surface area contributed by atoms with Gasteiger partial charge in [0.25, 0.3) is 0 Å². The Bertz CT molecular complexity index is 427. The number of ether oxygens (including phenoxy) is 1. The van der Waals surface area contributed by atoms with Crippen LogP contribution in [0, 0.1) is 6.57 Å². The number of carbonyl (C=O) groups excluding carboxylic acids is 1. The Morgan fingerprint density at radius 1 is 1.44 bits per heavy atom. The lowest BCUT2D eigenvalue weighted by atomic mass is 10.2. The summed E-state index contributed by atoms with van der Waals surface area (Å²) in [5, 5.41) is 2.57. The number of amides is 1. The van der Waals surface area contributed by atoms with Crippen molar-refractivity contribution in [2.24, 2.45) is 0 Å². The maximum absolute atomic E-state index is 11.4. The number of hydrogen-bond donors (Lipinski definition) is 1. The molecule has 4 nitrogen and oxygen atoms in total. The fraction of sp³-hybridized carbons (Fsp3) is 0.333. The minimum atomic E-state index is -0.526. The van der Waals surface area contributed by atoms with Crippen LogP contribution in [0.5, 0.6) is 0 Å². The second kappa shape index (κ2) is 4.67. The van der Waals surface area contributed by atoms with Crippen LogP contribution < -0.4 is 5.32 Å².